The van der Waals surface area contributed by atoms with Crippen molar-refractivity contribution in [3.63, 3.8) is 0 Å². The number of fused-ring (bicyclic) bond motifs is 1. The van der Waals surface area contributed by atoms with E-state index in [1.54, 1.807) is 18.2 Å². The van der Waals surface area contributed by atoms with E-state index in [1.165, 1.54) is 12.1 Å². The van der Waals surface area contributed by atoms with Crippen molar-refractivity contribution in [2.45, 2.75) is 6.92 Å². The van der Waals surface area contributed by atoms with E-state index in [0.717, 1.165) is 16.6 Å². The number of pyridine rings is 1. The molecule has 0 spiro atoms. The van der Waals surface area contributed by atoms with Gasteiger partial charge >= 0.3 is 0 Å². The molecule has 3 rings (SSSR count). The molecule has 4 heteroatoms. The van der Waals surface area contributed by atoms with Gasteiger partial charge in [0.1, 0.15) is 5.75 Å². The first-order valence-corrected chi connectivity index (χ1v) is 6.60. The van der Waals surface area contributed by atoms with Crippen LogP contribution >= 0.6 is 0 Å². The van der Waals surface area contributed by atoms with Gasteiger partial charge in [0.15, 0.2) is 0 Å². The van der Waals surface area contributed by atoms with Gasteiger partial charge in [0.2, 0.25) is 0 Å². The van der Waals surface area contributed by atoms with Crippen LogP contribution in [0.5, 0.6) is 5.75 Å². The van der Waals surface area contributed by atoms with Gasteiger partial charge in [-0.3, -0.25) is 9.78 Å². The van der Waals surface area contributed by atoms with Crippen LogP contribution < -0.4 is 5.32 Å². The number of phenols is 1. The summed E-state index contributed by atoms with van der Waals surface area (Å²) in [4.78, 5) is 16.9. The van der Waals surface area contributed by atoms with Crippen molar-refractivity contribution in [1.29, 1.82) is 0 Å². The van der Waals surface area contributed by atoms with Gasteiger partial charge in [-0.05, 0) is 43.3 Å². The number of anilines is 1. The van der Waals surface area contributed by atoms with E-state index in [1.807, 2.05) is 31.2 Å². The van der Waals surface area contributed by atoms with Crippen LogP contribution in [0, 0.1) is 6.92 Å². The lowest BCUT2D eigenvalue weighted by Gasteiger charge is -2.09. The molecular weight excluding hydrogens is 264 g/mol. The Balaban J connectivity index is 1.99. The number of aromatic nitrogens is 1. The molecule has 0 radical (unpaired) electrons. The normalized spacial score (nSPS) is 10.5. The molecule has 0 aliphatic rings. The van der Waals surface area contributed by atoms with Gasteiger partial charge in [-0.1, -0.05) is 18.2 Å². The zero-order chi connectivity index (χ0) is 14.8. The molecule has 0 saturated carbocycles. The van der Waals surface area contributed by atoms with Crippen molar-refractivity contribution in [2.75, 3.05) is 5.32 Å². The van der Waals surface area contributed by atoms with Crippen LogP contribution in [0.1, 0.15) is 16.1 Å². The van der Waals surface area contributed by atoms with Crippen molar-refractivity contribution < 1.29 is 9.90 Å². The third kappa shape index (κ3) is 2.69. The second-order valence-corrected chi connectivity index (χ2v) is 4.83. The average Bonchev–Trinajstić information content (AvgIpc) is 2.48. The molecule has 1 amide bonds. The summed E-state index contributed by atoms with van der Waals surface area (Å²) in [6.45, 7) is 1.86. The third-order valence-electron chi connectivity index (χ3n) is 3.21. The minimum Gasteiger partial charge on any atom is -0.508 e. The molecule has 0 aliphatic heterocycles. The number of carbonyl (C=O) groups is 1. The number of nitrogens with one attached hydrogen (secondary N) is 1. The molecule has 3 aromatic rings. The minimum atomic E-state index is -0.192. The summed E-state index contributed by atoms with van der Waals surface area (Å²) in [5.74, 6) is -0.0272. The Hall–Kier alpha value is -2.88. The Morgan fingerprint density at radius 1 is 1.10 bits per heavy atom. The summed E-state index contributed by atoms with van der Waals surface area (Å²) in [7, 11) is 0. The molecule has 0 saturated heterocycles. The van der Waals surface area contributed by atoms with Crippen molar-refractivity contribution in [3.05, 3.63) is 65.9 Å². The van der Waals surface area contributed by atoms with Gasteiger partial charge in [-0.2, -0.15) is 0 Å². The van der Waals surface area contributed by atoms with Crippen molar-refractivity contribution in [2.24, 2.45) is 0 Å². The summed E-state index contributed by atoms with van der Waals surface area (Å²) in [5, 5.41) is 12.9. The Morgan fingerprint density at radius 3 is 2.57 bits per heavy atom. The summed E-state index contributed by atoms with van der Waals surface area (Å²) in [5.41, 5.74) is 2.82. The molecule has 104 valence electrons. The van der Waals surface area contributed by atoms with E-state index in [-0.39, 0.29) is 11.7 Å². The summed E-state index contributed by atoms with van der Waals surface area (Å²) in [6.07, 6.45) is 0. The highest BCUT2D eigenvalue weighted by Crippen LogP contribution is 2.20. The highest BCUT2D eigenvalue weighted by Gasteiger charge is 2.12. The maximum atomic E-state index is 12.5. The van der Waals surface area contributed by atoms with Gasteiger partial charge in [0.25, 0.3) is 5.91 Å². The first-order valence-electron chi connectivity index (χ1n) is 6.60. The van der Waals surface area contributed by atoms with Crippen molar-refractivity contribution >= 4 is 22.5 Å². The smallest absolute Gasteiger partial charge is 0.256 e. The van der Waals surface area contributed by atoms with Crippen molar-refractivity contribution in [3.8, 4) is 5.75 Å². The van der Waals surface area contributed by atoms with E-state index in [2.05, 4.69) is 10.3 Å². The predicted octanol–water partition coefficient (Wildman–Crippen LogP) is 3.50. The summed E-state index contributed by atoms with van der Waals surface area (Å²) in [6, 6.07) is 15.7. The molecule has 21 heavy (non-hydrogen) atoms. The molecule has 2 aromatic carbocycles. The summed E-state index contributed by atoms with van der Waals surface area (Å²) >= 11 is 0. The minimum absolute atomic E-state index is 0.165. The number of phenolic OH excluding ortho intramolecular Hbond substituents is 1. The molecule has 4 nitrogen and oxygen atoms in total. The first-order chi connectivity index (χ1) is 10.1. The number of hydrogen-bond donors (Lipinski definition) is 2. The molecule has 0 bridgehead atoms. The summed E-state index contributed by atoms with van der Waals surface area (Å²) < 4.78 is 0. The number of carbonyl (C=O) groups excluding carboxylic acids is 1. The van der Waals surface area contributed by atoms with Gasteiger partial charge in [0.05, 0.1) is 11.1 Å². The highest BCUT2D eigenvalue weighted by atomic mass is 16.3. The molecular formula is C17H14N2O2. The second-order valence-electron chi connectivity index (χ2n) is 4.83. The molecule has 0 unspecified atom stereocenters. The van der Waals surface area contributed by atoms with E-state index < -0.39 is 0 Å². The number of hydrogen-bond acceptors (Lipinski definition) is 3. The molecule has 1 heterocycles. The number of aromatic hydroxyl groups is 1. The topological polar surface area (TPSA) is 62.2 Å². The number of aryl methyl sites for hydroxylation is 1. The van der Waals surface area contributed by atoms with Crippen LogP contribution in [0.4, 0.5) is 5.69 Å². The second kappa shape index (κ2) is 5.25. The van der Waals surface area contributed by atoms with Crippen molar-refractivity contribution in [1.82, 2.24) is 4.98 Å². The lowest BCUT2D eigenvalue weighted by Crippen LogP contribution is -2.13. The number of nitrogens with zero attached hydrogens (tertiary/aromatic N) is 1. The van der Waals surface area contributed by atoms with E-state index in [4.69, 9.17) is 0 Å². The first kappa shape index (κ1) is 13.1. The van der Waals surface area contributed by atoms with Crippen LogP contribution in [0.25, 0.3) is 10.9 Å². The SMILES string of the molecule is Cc1cc(C(=O)Nc2ccc(O)cc2)c2ccccc2n1. The average molecular weight is 278 g/mol. The van der Waals surface area contributed by atoms with E-state index in [9.17, 15) is 9.90 Å². The van der Waals surface area contributed by atoms with Crippen LogP contribution in [0.15, 0.2) is 54.6 Å². The molecule has 0 atom stereocenters. The highest BCUT2D eigenvalue weighted by molar-refractivity contribution is 6.12. The Labute approximate surface area is 122 Å². The fraction of sp³-hybridized carbons (Fsp3) is 0.0588. The van der Waals surface area contributed by atoms with E-state index >= 15 is 0 Å². The lowest BCUT2D eigenvalue weighted by atomic mass is 10.1. The zero-order valence-electron chi connectivity index (χ0n) is 11.5. The Bertz CT molecular complexity index is 811. The quantitative estimate of drug-likeness (QED) is 0.705. The molecule has 0 aliphatic carbocycles. The predicted molar refractivity (Wildman–Crippen MR) is 82.5 cm³/mol. The van der Waals surface area contributed by atoms with Gasteiger partial charge in [-0.25, -0.2) is 0 Å². The van der Waals surface area contributed by atoms with Gasteiger partial charge < -0.3 is 10.4 Å². The maximum Gasteiger partial charge on any atom is 0.256 e. The number of amides is 1. The largest absolute Gasteiger partial charge is 0.508 e. The fourth-order valence-corrected chi connectivity index (χ4v) is 2.24. The van der Waals surface area contributed by atoms with Crippen LogP contribution in [-0.4, -0.2) is 16.0 Å². The number of rotatable bonds is 2. The van der Waals surface area contributed by atoms with Gasteiger partial charge in [0, 0.05) is 16.8 Å². The number of benzene rings is 2. The standard InChI is InChI=1S/C17H14N2O2/c1-11-10-15(14-4-2-3-5-16(14)18-11)17(21)19-12-6-8-13(20)9-7-12/h2-10,20H,1H3,(H,19,21). The van der Waals surface area contributed by atoms with Crippen LogP contribution in [-0.2, 0) is 0 Å². The number of para-hydroxylation sites is 1. The zero-order valence-corrected chi connectivity index (χ0v) is 11.5. The Morgan fingerprint density at radius 2 is 1.81 bits per heavy atom. The maximum absolute atomic E-state index is 12.5. The van der Waals surface area contributed by atoms with E-state index in [0.29, 0.717) is 11.3 Å². The van der Waals surface area contributed by atoms with Gasteiger partial charge in [-0.15, -0.1) is 0 Å². The van der Waals surface area contributed by atoms with Crippen LogP contribution in [0.3, 0.4) is 0 Å². The molecule has 1 aromatic heterocycles. The molecule has 0 fully saturated rings. The third-order valence-corrected chi connectivity index (χ3v) is 3.21. The Kier molecular flexibility index (Phi) is 3.28. The monoisotopic (exact) mass is 278 g/mol. The fourth-order valence-electron chi connectivity index (χ4n) is 2.24. The molecule has 2 N–H and O–H groups in total. The lowest BCUT2D eigenvalue weighted by molar-refractivity contribution is 0.102. The van der Waals surface area contributed by atoms with Crippen LogP contribution in [0.2, 0.25) is 0 Å².